The van der Waals surface area contributed by atoms with E-state index in [-0.39, 0.29) is 16.8 Å². The monoisotopic (exact) mass is 464 g/mol. The van der Waals surface area contributed by atoms with Gasteiger partial charge in [-0.1, -0.05) is 61.3 Å². The van der Waals surface area contributed by atoms with E-state index in [0.29, 0.717) is 32.8 Å². The van der Waals surface area contributed by atoms with Gasteiger partial charge in [0.25, 0.3) is 5.91 Å². The van der Waals surface area contributed by atoms with E-state index in [1.54, 1.807) is 30.3 Å². The molecule has 160 valence electrons. The fourth-order valence-corrected chi connectivity index (χ4v) is 4.35. The second kappa shape index (κ2) is 7.76. The summed E-state index contributed by atoms with van der Waals surface area (Å²) in [5.41, 5.74) is 2.25. The predicted molar refractivity (Wildman–Crippen MR) is 126 cm³/mol. The number of carbonyl (C=O) groups is 1. The molecule has 1 aliphatic rings. The fraction of sp³-hybridized carbons (Fsp3) is 0.160. The van der Waals surface area contributed by atoms with E-state index in [9.17, 15) is 9.59 Å². The van der Waals surface area contributed by atoms with Crippen molar-refractivity contribution in [2.45, 2.75) is 25.8 Å². The van der Waals surface area contributed by atoms with Gasteiger partial charge in [-0.25, -0.2) is 4.98 Å². The molecule has 0 saturated carbocycles. The number of aromatic nitrogens is 1. The van der Waals surface area contributed by atoms with Crippen molar-refractivity contribution in [1.29, 1.82) is 0 Å². The predicted octanol–water partition coefficient (Wildman–Crippen LogP) is 6.37. The Kier molecular flexibility index (Phi) is 5.03. The van der Waals surface area contributed by atoms with E-state index in [4.69, 9.17) is 27.6 Å². The highest BCUT2D eigenvalue weighted by molar-refractivity contribution is 6.31. The molecule has 7 heteroatoms. The number of hydrogen-bond acceptors (Lipinski definition) is 4. The summed E-state index contributed by atoms with van der Waals surface area (Å²) in [5.74, 6) is 0.318. The molecule has 2 aromatic heterocycles. The summed E-state index contributed by atoms with van der Waals surface area (Å²) in [6.45, 7) is 4.22. The third kappa shape index (κ3) is 3.29. The minimum absolute atomic E-state index is 0.0134. The Bertz CT molecular complexity index is 1410. The number of hydrogen-bond donors (Lipinski definition) is 0. The molecule has 0 bridgehead atoms. The highest BCUT2D eigenvalue weighted by Gasteiger charge is 2.44. The lowest BCUT2D eigenvalue weighted by molar-refractivity contribution is 0.0970. The van der Waals surface area contributed by atoms with Crippen LogP contribution in [0, 0.1) is 0 Å². The third-order valence-electron chi connectivity index (χ3n) is 5.71. The van der Waals surface area contributed by atoms with Gasteiger partial charge < -0.3 is 4.42 Å². The van der Waals surface area contributed by atoms with Crippen molar-refractivity contribution in [3.8, 4) is 0 Å². The summed E-state index contributed by atoms with van der Waals surface area (Å²) < 4.78 is 5.94. The minimum Gasteiger partial charge on any atom is -0.450 e. The van der Waals surface area contributed by atoms with Gasteiger partial charge in [0, 0.05) is 11.2 Å². The number of benzene rings is 2. The van der Waals surface area contributed by atoms with Crippen molar-refractivity contribution in [3.63, 3.8) is 0 Å². The number of nitrogens with zero attached hydrogens (tertiary/aromatic N) is 2. The number of pyridine rings is 1. The summed E-state index contributed by atoms with van der Waals surface area (Å²) >= 11 is 12.1. The van der Waals surface area contributed by atoms with Crippen LogP contribution in [-0.4, -0.2) is 10.9 Å². The zero-order chi connectivity index (χ0) is 22.6. The summed E-state index contributed by atoms with van der Waals surface area (Å²) in [6, 6.07) is 15.3. The number of amides is 1. The van der Waals surface area contributed by atoms with Crippen LogP contribution in [0.1, 0.15) is 53.1 Å². The van der Waals surface area contributed by atoms with Gasteiger partial charge in [0.15, 0.2) is 5.43 Å². The van der Waals surface area contributed by atoms with Crippen LogP contribution in [0.4, 0.5) is 5.82 Å². The molecule has 5 rings (SSSR count). The molecule has 1 atom stereocenters. The smallest absolute Gasteiger partial charge is 0.296 e. The average Bonchev–Trinajstić information content (AvgIpc) is 3.07. The van der Waals surface area contributed by atoms with Crippen molar-refractivity contribution >= 4 is 45.9 Å². The first kappa shape index (κ1) is 20.7. The Hall–Kier alpha value is -3.15. The molecule has 0 spiro atoms. The molecule has 0 fully saturated rings. The number of carbonyl (C=O) groups excluding carboxylic acids is 1. The van der Waals surface area contributed by atoms with E-state index < -0.39 is 11.9 Å². The average molecular weight is 465 g/mol. The van der Waals surface area contributed by atoms with Crippen molar-refractivity contribution in [3.05, 3.63) is 104 Å². The maximum atomic E-state index is 13.6. The zero-order valence-corrected chi connectivity index (χ0v) is 18.8. The SMILES string of the molecule is CC(C)c1ccc(C2c3c(oc4ccc(Cl)cc4c3=O)C(=O)N2c2ccc(Cl)cn2)cc1. The Morgan fingerprint density at radius 1 is 0.969 bits per heavy atom. The van der Waals surface area contributed by atoms with E-state index in [2.05, 4.69) is 18.8 Å². The van der Waals surface area contributed by atoms with Crippen molar-refractivity contribution in [1.82, 2.24) is 4.98 Å². The second-order valence-corrected chi connectivity index (χ2v) is 8.92. The van der Waals surface area contributed by atoms with Crippen molar-refractivity contribution in [2.24, 2.45) is 0 Å². The minimum atomic E-state index is -0.688. The summed E-state index contributed by atoms with van der Waals surface area (Å²) in [4.78, 5) is 32.9. The maximum absolute atomic E-state index is 13.6. The van der Waals surface area contributed by atoms with Gasteiger partial charge in [-0.15, -0.1) is 0 Å². The molecular formula is C25H18Cl2N2O3. The van der Waals surface area contributed by atoms with Gasteiger partial charge in [-0.2, -0.15) is 0 Å². The Morgan fingerprint density at radius 2 is 1.69 bits per heavy atom. The summed E-state index contributed by atoms with van der Waals surface area (Å²) in [5, 5.41) is 1.20. The second-order valence-electron chi connectivity index (χ2n) is 8.05. The topological polar surface area (TPSA) is 63.4 Å². The standard InChI is InChI=1S/C25H18Cl2N2O3/c1-13(2)14-3-5-15(6-4-14)22-21-23(30)18-11-16(26)7-9-19(18)32-24(21)25(31)29(22)20-10-8-17(27)12-28-20/h3-13,22H,1-2H3. The molecule has 4 aromatic rings. The molecule has 0 radical (unpaired) electrons. The number of halogens is 2. The molecule has 1 unspecified atom stereocenters. The fourth-order valence-electron chi connectivity index (χ4n) is 4.07. The van der Waals surface area contributed by atoms with Crippen LogP contribution in [0.15, 0.2) is 70.0 Å². The normalized spacial score (nSPS) is 15.6. The number of anilines is 1. The molecule has 0 N–H and O–H groups in total. The van der Waals surface area contributed by atoms with Gasteiger partial charge in [0.05, 0.1) is 22.0 Å². The molecular weight excluding hydrogens is 447 g/mol. The van der Waals surface area contributed by atoms with Crippen molar-refractivity contribution < 1.29 is 9.21 Å². The highest BCUT2D eigenvalue weighted by Crippen LogP contribution is 2.41. The van der Waals surface area contributed by atoms with E-state index in [1.807, 2.05) is 24.3 Å². The van der Waals surface area contributed by atoms with Crippen LogP contribution in [0.3, 0.4) is 0 Å². The Balaban J connectivity index is 1.78. The lowest BCUT2D eigenvalue weighted by Crippen LogP contribution is -2.30. The summed E-state index contributed by atoms with van der Waals surface area (Å²) in [7, 11) is 0. The molecule has 1 amide bonds. The van der Waals surface area contributed by atoms with Gasteiger partial charge in [0.2, 0.25) is 5.76 Å². The quantitative estimate of drug-likeness (QED) is 0.353. The number of rotatable bonds is 3. The zero-order valence-electron chi connectivity index (χ0n) is 17.3. The lowest BCUT2D eigenvalue weighted by atomic mass is 9.95. The first-order valence-electron chi connectivity index (χ1n) is 10.2. The molecule has 0 aliphatic carbocycles. The van der Waals surface area contributed by atoms with E-state index in [0.717, 1.165) is 11.1 Å². The highest BCUT2D eigenvalue weighted by atomic mass is 35.5. The molecule has 5 nitrogen and oxygen atoms in total. The number of fused-ring (bicyclic) bond motifs is 2. The maximum Gasteiger partial charge on any atom is 0.296 e. The third-order valence-corrected chi connectivity index (χ3v) is 6.17. The van der Waals surface area contributed by atoms with Gasteiger partial charge >= 0.3 is 0 Å². The van der Waals surface area contributed by atoms with Crippen LogP contribution in [-0.2, 0) is 0 Å². The Morgan fingerprint density at radius 3 is 2.34 bits per heavy atom. The first-order chi connectivity index (χ1) is 15.3. The largest absolute Gasteiger partial charge is 0.450 e. The van der Waals surface area contributed by atoms with Crippen LogP contribution < -0.4 is 10.3 Å². The van der Waals surface area contributed by atoms with E-state index in [1.165, 1.54) is 11.1 Å². The van der Waals surface area contributed by atoms with Gasteiger partial charge in [-0.05, 0) is 47.4 Å². The molecule has 2 aromatic carbocycles. The summed E-state index contributed by atoms with van der Waals surface area (Å²) in [6.07, 6.45) is 1.47. The Labute approximate surface area is 194 Å². The molecule has 1 aliphatic heterocycles. The van der Waals surface area contributed by atoms with Crippen LogP contribution in [0.5, 0.6) is 0 Å². The van der Waals surface area contributed by atoms with E-state index >= 15 is 0 Å². The molecule has 32 heavy (non-hydrogen) atoms. The van der Waals surface area contributed by atoms with Crippen LogP contribution in [0.25, 0.3) is 11.0 Å². The van der Waals surface area contributed by atoms with Gasteiger partial charge in [0.1, 0.15) is 11.4 Å². The van der Waals surface area contributed by atoms with Gasteiger partial charge in [-0.3, -0.25) is 14.5 Å². The van der Waals surface area contributed by atoms with Crippen LogP contribution in [0.2, 0.25) is 10.0 Å². The van der Waals surface area contributed by atoms with Crippen molar-refractivity contribution in [2.75, 3.05) is 4.90 Å². The molecule has 3 heterocycles. The molecule has 0 saturated heterocycles. The van der Waals surface area contributed by atoms with Crippen LogP contribution >= 0.6 is 23.2 Å². The first-order valence-corrected chi connectivity index (χ1v) is 10.9. The lowest BCUT2D eigenvalue weighted by Gasteiger charge is -2.24.